The molecule has 18 heavy (non-hydrogen) atoms. The van der Waals surface area contributed by atoms with Crippen molar-refractivity contribution in [2.45, 2.75) is 18.9 Å². The van der Waals surface area contributed by atoms with Crippen LogP contribution in [0.3, 0.4) is 0 Å². The standard InChI is InChI=1S/C12H9Cl2NO3/c1-6-5-12(6)10(16)15(11(17)18-12)9-3-7(13)2-8(14)4-9/h2-4,6H,5H2,1H3/t6-,12-/m1/s1. The van der Waals surface area contributed by atoms with E-state index in [1.807, 2.05) is 6.92 Å². The Labute approximate surface area is 113 Å². The lowest BCUT2D eigenvalue weighted by Crippen LogP contribution is -2.32. The van der Waals surface area contributed by atoms with Crippen molar-refractivity contribution in [1.29, 1.82) is 0 Å². The molecule has 2 fully saturated rings. The fraction of sp³-hybridized carbons (Fsp3) is 0.333. The van der Waals surface area contributed by atoms with Gasteiger partial charge in [-0.3, -0.25) is 4.79 Å². The van der Waals surface area contributed by atoms with Gasteiger partial charge in [0, 0.05) is 22.4 Å². The van der Waals surface area contributed by atoms with E-state index in [-0.39, 0.29) is 11.8 Å². The first-order valence-electron chi connectivity index (χ1n) is 5.48. The van der Waals surface area contributed by atoms with Gasteiger partial charge in [0.1, 0.15) is 0 Å². The molecule has 2 amide bonds. The number of benzene rings is 1. The molecule has 0 unspecified atom stereocenters. The molecule has 1 aliphatic heterocycles. The molecule has 2 aliphatic rings. The van der Waals surface area contributed by atoms with Gasteiger partial charge in [0.05, 0.1) is 5.69 Å². The Hall–Kier alpha value is -1.26. The summed E-state index contributed by atoms with van der Waals surface area (Å²) in [6.07, 6.45) is -0.0924. The lowest BCUT2D eigenvalue weighted by Gasteiger charge is -2.11. The minimum absolute atomic E-state index is 0.0635. The zero-order valence-electron chi connectivity index (χ0n) is 9.44. The third-order valence-electron chi connectivity index (χ3n) is 3.37. The summed E-state index contributed by atoms with van der Waals surface area (Å²) in [7, 11) is 0. The Balaban J connectivity index is 2.02. The monoisotopic (exact) mass is 285 g/mol. The van der Waals surface area contributed by atoms with Crippen molar-refractivity contribution in [1.82, 2.24) is 0 Å². The SMILES string of the molecule is C[C@@H]1C[C@@]12OC(=O)N(c1cc(Cl)cc(Cl)c1)C2=O. The average Bonchev–Trinajstić information content (AvgIpc) is 2.80. The van der Waals surface area contributed by atoms with E-state index in [9.17, 15) is 9.59 Å². The van der Waals surface area contributed by atoms with Crippen LogP contribution in [-0.4, -0.2) is 17.6 Å². The molecule has 94 valence electrons. The van der Waals surface area contributed by atoms with Crippen LogP contribution in [0.4, 0.5) is 10.5 Å². The van der Waals surface area contributed by atoms with Gasteiger partial charge in [0.25, 0.3) is 5.91 Å². The predicted molar refractivity (Wildman–Crippen MR) is 66.9 cm³/mol. The Morgan fingerprint density at radius 2 is 1.83 bits per heavy atom. The van der Waals surface area contributed by atoms with Gasteiger partial charge in [-0.1, -0.05) is 30.1 Å². The van der Waals surface area contributed by atoms with Crippen molar-refractivity contribution in [3.8, 4) is 0 Å². The molecule has 1 spiro atoms. The van der Waals surface area contributed by atoms with Crippen LogP contribution in [0.1, 0.15) is 13.3 Å². The van der Waals surface area contributed by atoms with E-state index < -0.39 is 11.7 Å². The van der Waals surface area contributed by atoms with Gasteiger partial charge in [-0.2, -0.15) is 0 Å². The van der Waals surface area contributed by atoms with Crippen LogP contribution < -0.4 is 4.90 Å². The van der Waals surface area contributed by atoms with Crippen LogP contribution in [0.5, 0.6) is 0 Å². The Morgan fingerprint density at radius 3 is 2.28 bits per heavy atom. The van der Waals surface area contributed by atoms with Crippen molar-refractivity contribution < 1.29 is 14.3 Å². The molecule has 1 aliphatic carbocycles. The van der Waals surface area contributed by atoms with E-state index in [1.165, 1.54) is 18.2 Å². The molecule has 1 saturated heterocycles. The zero-order valence-corrected chi connectivity index (χ0v) is 11.0. The highest BCUT2D eigenvalue weighted by Gasteiger charge is 2.68. The Morgan fingerprint density at radius 1 is 1.28 bits per heavy atom. The maximum absolute atomic E-state index is 12.2. The second-order valence-electron chi connectivity index (χ2n) is 4.63. The molecule has 6 heteroatoms. The van der Waals surface area contributed by atoms with Crippen molar-refractivity contribution >= 4 is 40.9 Å². The number of amides is 2. The average molecular weight is 286 g/mol. The molecule has 2 atom stereocenters. The summed E-state index contributed by atoms with van der Waals surface area (Å²) >= 11 is 11.7. The van der Waals surface area contributed by atoms with Gasteiger partial charge in [-0.15, -0.1) is 0 Å². The second kappa shape index (κ2) is 3.62. The molecule has 1 saturated carbocycles. The maximum Gasteiger partial charge on any atom is 0.422 e. The molecule has 0 N–H and O–H groups in total. The molecule has 1 heterocycles. The van der Waals surface area contributed by atoms with Gasteiger partial charge in [-0.05, 0) is 18.2 Å². The maximum atomic E-state index is 12.2. The van der Waals surface area contributed by atoms with Crippen LogP contribution in [0.25, 0.3) is 0 Å². The molecule has 4 nitrogen and oxygen atoms in total. The van der Waals surface area contributed by atoms with Crippen LogP contribution >= 0.6 is 23.2 Å². The van der Waals surface area contributed by atoms with Crippen LogP contribution in [0, 0.1) is 5.92 Å². The highest BCUT2D eigenvalue weighted by atomic mass is 35.5. The summed E-state index contributed by atoms with van der Waals surface area (Å²) in [5, 5.41) is 0.728. The highest BCUT2D eigenvalue weighted by molar-refractivity contribution is 6.35. The van der Waals surface area contributed by atoms with E-state index in [1.54, 1.807) is 0 Å². The predicted octanol–water partition coefficient (Wildman–Crippen LogP) is 3.26. The summed E-state index contributed by atoms with van der Waals surface area (Å²) in [4.78, 5) is 25.0. The lowest BCUT2D eigenvalue weighted by atomic mass is 10.2. The molecule has 1 aromatic carbocycles. The van der Waals surface area contributed by atoms with Gasteiger partial charge in [0.15, 0.2) is 5.60 Å². The molecule has 1 aromatic rings. The van der Waals surface area contributed by atoms with Gasteiger partial charge >= 0.3 is 6.09 Å². The molecular formula is C12H9Cl2NO3. The first-order chi connectivity index (χ1) is 8.44. The molecule has 0 radical (unpaired) electrons. The van der Waals surface area contributed by atoms with Crippen LogP contribution in [0.2, 0.25) is 10.0 Å². The quantitative estimate of drug-likeness (QED) is 0.796. The molecular weight excluding hydrogens is 277 g/mol. The number of halogens is 2. The number of anilines is 1. The van der Waals surface area contributed by atoms with Gasteiger partial charge < -0.3 is 4.74 Å². The number of carbonyl (C=O) groups is 2. The fourth-order valence-corrected chi connectivity index (χ4v) is 2.76. The van der Waals surface area contributed by atoms with E-state index >= 15 is 0 Å². The zero-order chi connectivity index (χ0) is 13.1. The first kappa shape index (κ1) is 11.8. The van der Waals surface area contributed by atoms with E-state index in [2.05, 4.69) is 0 Å². The third kappa shape index (κ3) is 1.52. The van der Waals surface area contributed by atoms with Gasteiger partial charge in [-0.25, -0.2) is 9.69 Å². The number of rotatable bonds is 1. The van der Waals surface area contributed by atoms with E-state index in [4.69, 9.17) is 27.9 Å². The number of nitrogens with zero attached hydrogens (tertiary/aromatic N) is 1. The number of ether oxygens (including phenoxy) is 1. The van der Waals surface area contributed by atoms with Crippen LogP contribution in [0.15, 0.2) is 18.2 Å². The first-order valence-corrected chi connectivity index (χ1v) is 6.23. The van der Waals surface area contributed by atoms with E-state index in [0.717, 1.165) is 4.90 Å². The normalized spacial score (nSPS) is 29.9. The summed E-state index contributed by atoms with van der Waals surface area (Å²) in [5.74, 6) is -0.271. The fourth-order valence-electron chi connectivity index (χ4n) is 2.24. The summed E-state index contributed by atoms with van der Waals surface area (Å²) in [5.41, 5.74) is -0.607. The molecule has 0 aromatic heterocycles. The lowest BCUT2D eigenvalue weighted by molar-refractivity contribution is -0.124. The van der Waals surface area contributed by atoms with E-state index in [0.29, 0.717) is 22.2 Å². The number of hydrogen-bond donors (Lipinski definition) is 0. The summed E-state index contributed by atoms with van der Waals surface area (Å²) in [6.45, 7) is 1.87. The minimum Gasteiger partial charge on any atom is -0.432 e. The number of imide groups is 1. The molecule has 0 bridgehead atoms. The van der Waals surface area contributed by atoms with Crippen molar-refractivity contribution in [3.05, 3.63) is 28.2 Å². The van der Waals surface area contributed by atoms with Crippen molar-refractivity contribution in [2.24, 2.45) is 5.92 Å². The largest absolute Gasteiger partial charge is 0.432 e. The topological polar surface area (TPSA) is 46.6 Å². The smallest absolute Gasteiger partial charge is 0.422 e. The Bertz CT molecular complexity index is 554. The minimum atomic E-state index is -0.953. The van der Waals surface area contributed by atoms with Crippen LogP contribution in [-0.2, 0) is 9.53 Å². The highest BCUT2D eigenvalue weighted by Crippen LogP contribution is 2.52. The van der Waals surface area contributed by atoms with Crippen molar-refractivity contribution in [2.75, 3.05) is 4.90 Å². The van der Waals surface area contributed by atoms with Crippen molar-refractivity contribution in [3.63, 3.8) is 0 Å². The summed E-state index contributed by atoms with van der Waals surface area (Å²) in [6, 6.07) is 4.56. The Kier molecular flexibility index (Phi) is 2.37. The number of carbonyl (C=O) groups excluding carboxylic acids is 2. The number of hydrogen-bond acceptors (Lipinski definition) is 3. The molecule has 3 rings (SSSR count). The summed E-state index contributed by atoms with van der Waals surface area (Å²) < 4.78 is 5.18. The third-order valence-corrected chi connectivity index (χ3v) is 3.80. The van der Waals surface area contributed by atoms with Gasteiger partial charge in [0.2, 0.25) is 0 Å². The second-order valence-corrected chi connectivity index (χ2v) is 5.50.